The number of nitrogens with one attached hydrogen (secondary N) is 1. The SMILES string of the molecule is COc1cc(NC(=O)[C@@H](N)c2ccccc2)c(Br)cc1Br. The van der Waals surface area contributed by atoms with Gasteiger partial charge < -0.3 is 15.8 Å². The highest BCUT2D eigenvalue weighted by Gasteiger charge is 2.17. The minimum Gasteiger partial charge on any atom is -0.495 e. The van der Waals surface area contributed by atoms with Crippen molar-refractivity contribution in [2.45, 2.75) is 6.04 Å². The van der Waals surface area contributed by atoms with Crippen LogP contribution in [0.5, 0.6) is 5.75 Å². The van der Waals surface area contributed by atoms with E-state index >= 15 is 0 Å². The molecule has 2 rings (SSSR count). The molecular formula is C15H14Br2N2O2. The van der Waals surface area contributed by atoms with Crippen molar-refractivity contribution < 1.29 is 9.53 Å². The van der Waals surface area contributed by atoms with E-state index in [9.17, 15) is 4.79 Å². The van der Waals surface area contributed by atoms with Crippen molar-refractivity contribution in [2.24, 2.45) is 5.73 Å². The second-order valence-corrected chi connectivity index (χ2v) is 6.05. The molecule has 2 aromatic rings. The summed E-state index contributed by atoms with van der Waals surface area (Å²) in [5, 5.41) is 2.80. The van der Waals surface area contributed by atoms with Crippen LogP contribution >= 0.6 is 31.9 Å². The summed E-state index contributed by atoms with van der Waals surface area (Å²) < 4.78 is 6.75. The zero-order valence-electron chi connectivity index (χ0n) is 11.3. The average molecular weight is 414 g/mol. The normalized spacial score (nSPS) is 11.8. The second kappa shape index (κ2) is 7.06. The van der Waals surface area contributed by atoms with E-state index < -0.39 is 6.04 Å². The largest absolute Gasteiger partial charge is 0.495 e. The van der Waals surface area contributed by atoms with E-state index in [2.05, 4.69) is 37.2 Å². The Morgan fingerprint density at radius 3 is 2.48 bits per heavy atom. The molecule has 0 aliphatic heterocycles. The lowest BCUT2D eigenvalue weighted by atomic mass is 10.1. The van der Waals surface area contributed by atoms with E-state index in [0.29, 0.717) is 11.4 Å². The van der Waals surface area contributed by atoms with Crippen molar-refractivity contribution in [3.8, 4) is 5.75 Å². The Balaban J connectivity index is 2.20. The van der Waals surface area contributed by atoms with Crippen LogP contribution in [0.25, 0.3) is 0 Å². The number of rotatable bonds is 4. The van der Waals surface area contributed by atoms with Gasteiger partial charge in [-0.1, -0.05) is 30.3 Å². The van der Waals surface area contributed by atoms with Crippen LogP contribution in [0.4, 0.5) is 5.69 Å². The molecule has 0 aliphatic rings. The fraction of sp³-hybridized carbons (Fsp3) is 0.133. The van der Waals surface area contributed by atoms with E-state index in [-0.39, 0.29) is 5.91 Å². The van der Waals surface area contributed by atoms with Crippen LogP contribution in [0.1, 0.15) is 11.6 Å². The van der Waals surface area contributed by atoms with E-state index in [1.807, 2.05) is 36.4 Å². The predicted octanol–water partition coefficient (Wildman–Crippen LogP) is 3.86. The number of anilines is 1. The number of ether oxygens (including phenoxy) is 1. The highest BCUT2D eigenvalue weighted by Crippen LogP contribution is 2.34. The predicted molar refractivity (Wildman–Crippen MR) is 90.4 cm³/mol. The standard InChI is InChI=1S/C15H14Br2N2O2/c1-21-13-8-12(10(16)7-11(13)17)19-15(20)14(18)9-5-3-2-4-6-9/h2-8,14H,18H2,1H3,(H,19,20)/t14-/m0/s1. The van der Waals surface area contributed by atoms with Crippen molar-refractivity contribution in [1.29, 1.82) is 0 Å². The summed E-state index contributed by atoms with van der Waals surface area (Å²) in [4.78, 5) is 12.2. The summed E-state index contributed by atoms with van der Waals surface area (Å²) in [5.41, 5.74) is 7.33. The van der Waals surface area contributed by atoms with Gasteiger partial charge in [0, 0.05) is 10.5 Å². The fourth-order valence-electron chi connectivity index (χ4n) is 1.80. The molecule has 0 aliphatic carbocycles. The Labute approximate surface area is 139 Å². The van der Waals surface area contributed by atoms with E-state index in [1.54, 1.807) is 13.2 Å². The minimum atomic E-state index is -0.729. The van der Waals surface area contributed by atoms with E-state index in [0.717, 1.165) is 14.5 Å². The van der Waals surface area contributed by atoms with Crippen molar-refractivity contribution in [3.63, 3.8) is 0 Å². The summed E-state index contributed by atoms with van der Waals surface area (Å²) >= 11 is 6.78. The Bertz CT molecular complexity index is 648. The Hall–Kier alpha value is -1.37. The first-order chi connectivity index (χ1) is 10.0. The van der Waals surface area contributed by atoms with Crippen LogP contribution in [0, 0.1) is 0 Å². The van der Waals surface area contributed by atoms with Gasteiger partial charge in [0.05, 0.1) is 17.3 Å². The highest BCUT2D eigenvalue weighted by atomic mass is 79.9. The number of methoxy groups -OCH3 is 1. The molecule has 1 atom stereocenters. The maximum absolute atomic E-state index is 12.2. The molecule has 0 fully saturated rings. The molecule has 110 valence electrons. The molecule has 0 aromatic heterocycles. The Morgan fingerprint density at radius 2 is 1.86 bits per heavy atom. The molecule has 2 aromatic carbocycles. The van der Waals surface area contributed by atoms with Crippen LogP contribution in [0.3, 0.4) is 0 Å². The van der Waals surface area contributed by atoms with Gasteiger partial charge in [-0.15, -0.1) is 0 Å². The van der Waals surface area contributed by atoms with Gasteiger partial charge in [0.25, 0.3) is 0 Å². The first kappa shape index (κ1) is 16.0. The zero-order chi connectivity index (χ0) is 15.4. The number of hydrogen-bond acceptors (Lipinski definition) is 3. The van der Waals surface area contributed by atoms with Crippen molar-refractivity contribution >= 4 is 43.5 Å². The molecule has 6 heteroatoms. The highest BCUT2D eigenvalue weighted by molar-refractivity contribution is 9.11. The smallest absolute Gasteiger partial charge is 0.245 e. The number of carbonyl (C=O) groups excluding carboxylic acids is 1. The molecule has 1 amide bonds. The number of carbonyl (C=O) groups is 1. The summed E-state index contributed by atoms with van der Waals surface area (Å²) in [5.74, 6) is 0.341. The molecule has 0 spiro atoms. The van der Waals surface area contributed by atoms with Crippen molar-refractivity contribution in [3.05, 3.63) is 57.0 Å². The van der Waals surface area contributed by atoms with Crippen molar-refractivity contribution in [2.75, 3.05) is 12.4 Å². The molecule has 0 heterocycles. The third-order valence-corrected chi connectivity index (χ3v) is 4.22. The van der Waals surface area contributed by atoms with Gasteiger partial charge in [-0.2, -0.15) is 0 Å². The Kier molecular flexibility index (Phi) is 5.39. The maximum Gasteiger partial charge on any atom is 0.245 e. The Morgan fingerprint density at radius 1 is 1.19 bits per heavy atom. The fourth-order valence-corrected chi connectivity index (χ4v) is 3.06. The lowest BCUT2D eigenvalue weighted by Crippen LogP contribution is -2.27. The number of amides is 1. The first-order valence-electron chi connectivity index (χ1n) is 6.17. The molecule has 0 unspecified atom stereocenters. The summed E-state index contributed by atoms with van der Waals surface area (Å²) in [7, 11) is 1.56. The van der Waals surface area contributed by atoms with Gasteiger partial charge >= 0.3 is 0 Å². The van der Waals surface area contributed by atoms with Gasteiger partial charge in [-0.05, 0) is 43.5 Å². The molecular weight excluding hydrogens is 400 g/mol. The first-order valence-corrected chi connectivity index (χ1v) is 7.76. The van der Waals surface area contributed by atoms with Crippen LogP contribution in [0.15, 0.2) is 51.4 Å². The summed E-state index contributed by atoms with van der Waals surface area (Å²) in [6.07, 6.45) is 0. The molecule has 21 heavy (non-hydrogen) atoms. The second-order valence-electron chi connectivity index (χ2n) is 4.34. The molecule has 0 saturated carbocycles. The quantitative estimate of drug-likeness (QED) is 0.799. The van der Waals surface area contributed by atoms with Gasteiger partial charge in [0.15, 0.2) is 0 Å². The van der Waals surface area contributed by atoms with Crippen LogP contribution < -0.4 is 15.8 Å². The lowest BCUT2D eigenvalue weighted by Gasteiger charge is -2.15. The third kappa shape index (κ3) is 3.84. The van der Waals surface area contributed by atoms with E-state index in [4.69, 9.17) is 10.5 Å². The van der Waals surface area contributed by atoms with Gasteiger partial charge in [-0.25, -0.2) is 0 Å². The molecule has 4 nitrogen and oxygen atoms in total. The third-order valence-electron chi connectivity index (χ3n) is 2.94. The average Bonchev–Trinajstić information content (AvgIpc) is 2.50. The summed E-state index contributed by atoms with van der Waals surface area (Å²) in [6, 6.07) is 12.0. The monoisotopic (exact) mass is 412 g/mol. The van der Waals surface area contributed by atoms with Crippen LogP contribution in [-0.2, 0) is 4.79 Å². The molecule has 0 saturated heterocycles. The van der Waals surface area contributed by atoms with Gasteiger partial charge in [0.2, 0.25) is 5.91 Å². The number of benzene rings is 2. The summed E-state index contributed by atoms with van der Waals surface area (Å²) in [6.45, 7) is 0. The number of nitrogens with two attached hydrogens (primary N) is 1. The molecule has 3 N–H and O–H groups in total. The minimum absolute atomic E-state index is 0.286. The number of hydrogen-bond donors (Lipinski definition) is 2. The maximum atomic E-state index is 12.2. The molecule has 0 bridgehead atoms. The lowest BCUT2D eigenvalue weighted by molar-refractivity contribution is -0.117. The van der Waals surface area contributed by atoms with Crippen LogP contribution in [0.2, 0.25) is 0 Å². The van der Waals surface area contributed by atoms with Crippen molar-refractivity contribution in [1.82, 2.24) is 0 Å². The van der Waals surface area contributed by atoms with Crippen LogP contribution in [-0.4, -0.2) is 13.0 Å². The van der Waals surface area contributed by atoms with Gasteiger partial charge in [0.1, 0.15) is 11.8 Å². The zero-order valence-corrected chi connectivity index (χ0v) is 14.4. The van der Waals surface area contributed by atoms with E-state index in [1.165, 1.54) is 0 Å². The topological polar surface area (TPSA) is 64.3 Å². The molecule has 0 radical (unpaired) electrons. The van der Waals surface area contributed by atoms with Gasteiger partial charge in [-0.3, -0.25) is 4.79 Å². The number of halogens is 2.